The number of aromatic nitrogens is 2. The van der Waals surface area contributed by atoms with Crippen LogP contribution >= 0.6 is 39.1 Å². The lowest BCUT2D eigenvalue weighted by Gasteiger charge is -2.14. The highest BCUT2D eigenvalue weighted by atomic mass is 79.9. The minimum atomic E-state index is -0.0321. The van der Waals surface area contributed by atoms with Crippen molar-refractivity contribution in [1.29, 1.82) is 0 Å². The largest absolute Gasteiger partial charge is 0.399 e. The number of nitrogen functional groups attached to an aromatic ring is 1. The van der Waals surface area contributed by atoms with Gasteiger partial charge in [-0.15, -0.1) is 0 Å². The van der Waals surface area contributed by atoms with Crippen LogP contribution in [0.1, 0.15) is 31.2 Å². The van der Waals surface area contributed by atoms with E-state index in [1.807, 2.05) is 43.3 Å². The fourth-order valence-corrected chi connectivity index (χ4v) is 4.01. The van der Waals surface area contributed by atoms with E-state index in [1.165, 1.54) is 0 Å². The fraction of sp³-hybridized carbons (Fsp3) is 0.261. The van der Waals surface area contributed by atoms with Crippen molar-refractivity contribution in [1.82, 2.24) is 15.3 Å². The second kappa shape index (κ2) is 12.1. The summed E-state index contributed by atoms with van der Waals surface area (Å²) in [5.41, 5.74) is 8.14. The van der Waals surface area contributed by atoms with Crippen LogP contribution in [0.25, 0.3) is 0 Å². The van der Waals surface area contributed by atoms with Gasteiger partial charge in [-0.2, -0.15) is 4.98 Å². The van der Waals surface area contributed by atoms with Crippen LogP contribution in [-0.2, 0) is 4.79 Å². The van der Waals surface area contributed by atoms with Gasteiger partial charge in [0.15, 0.2) is 0 Å². The molecule has 1 unspecified atom stereocenters. The Balaban J connectivity index is 1.43. The molecule has 2 aromatic carbocycles. The van der Waals surface area contributed by atoms with E-state index >= 15 is 0 Å². The molecule has 1 aromatic heterocycles. The summed E-state index contributed by atoms with van der Waals surface area (Å²) in [6.07, 6.45) is 2.74. The summed E-state index contributed by atoms with van der Waals surface area (Å²) in [4.78, 5) is 21.1. The van der Waals surface area contributed by atoms with Crippen LogP contribution in [0.5, 0.6) is 0 Å². The van der Waals surface area contributed by atoms with Crippen LogP contribution in [0.15, 0.2) is 53.1 Å². The summed E-state index contributed by atoms with van der Waals surface area (Å²) in [5.74, 6) is 1.05. The molecule has 5 N–H and O–H groups in total. The number of benzene rings is 2. The quantitative estimate of drug-likeness (QED) is 0.182. The van der Waals surface area contributed by atoms with Crippen molar-refractivity contribution in [2.75, 3.05) is 29.5 Å². The molecule has 0 aliphatic rings. The first-order valence-electron chi connectivity index (χ1n) is 10.4. The third kappa shape index (κ3) is 7.48. The van der Waals surface area contributed by atoms with Crippen molar-refractivity contribution < 1.29 is 4.79 Å². The minimum absolute atomic E-state index is 0.0304. The summed E-state index contributed by atoms with van der Waals surface area (Å²) in [6.45, 7) is 3.13. The summed E-state index contributed by atoms with van der Waals surface area (Å²) >= 11 is 15.8. The monoisotopic (exact) mass is 550 g/mol. The first-order valence-corrected chi connectivity index (χ1v) is 12.0. The Morgan fingerprint density at radius 2 is 1.97 bits per heavy atom. The van der Waals surface area contributed by atoms with Gasteiger partial charge in [0.1, 0.15) is 5.82 Å². The van der Waals surface area contributed by atoms with Gasteiger partial charge in [-0.1, -0.05) is 48.3 Å². The molecule has 1 amide bonds. The van der Waals surface area contributed by atoms with E-state index in [0.717, 1.165) is 22.1 Å². The fourth-order valence-electron chi connectivity index (χ4n) is 3.18. The summed E-state index contributed by atoms with van der Waals surface area (Å²) in [5, 5.41) is 10.3. The van der Waals surface area contributed by atoms with Crippen molar-refractivity contribution in [3.63, 3.8) is 0 Å². The number of carbonyl (C=O) groups is 1. The van der Waals surface area contributed by atoms with Crippen molar-refractivity contribution in [2.45, 2.75) is 25.7 Å². The number of rotatable bonds is 10. The molecular weight excluding hydrogens is 527 g/mol. The molecule has 0 fully saturated rings. The smallest absolute Gasteiger partial charge is 0.229 e. The van der Waals surface area contributed by atoms with Crippen LogP contribution in [0.3, 0.4) is 0 Å². The number of nitrogens with zero attached hydrogens (tertiary/aromatic N) is 2. The summed E-state index contributed by atoms with van der Waals surface area (Å²) < 4.78 is 0.747. The van der Waals surface area contributed by atoms with Crippen molar-refractivity contribution in [3.05, 3.63) is 68.7 Å². The van der Waals surface area contributed by atoms with Crippen LogP contribution in [0, 0.1) is 0 Å². The average molecular weight is 552 g/mol. The lowest BCUT2D eigenvalue weighted by Crippen LogP contribution is -2.27. The number of anilines is 4. The molecule has 33 heavy (non-hydrogen) atoms. The molecule has 0 aliphatic carbocycles. The number of hydrogen-bond acceptors (Lipinski definition) is 6. The molecule has 10 heteroatoms. The Hall–Kier alpha value is -2.55. The van der Waals surface area contributed by atoms with Gasteiger partial charge in [0.2, 0.25) is 11.9 Å². The standard InChI is InChI=1S/C23H25BrCl2N6O/c1-14(17-7-3-8-19(25)21(17)26)11-20(33)28-9-4-10-29-22-18(24)13-30-23(32-22)31-16-6-2-5-15(27)12-16/h2-3,5-8,12-14H,4,9-11,27H2,1H3,(H,28,33)(H2,29,30,31,32). The first-order chi connectivity index (χ1) is 15.8. The number of nitrogens with two attached hydrogens (primary N) is 1. The Morgan fingerprint density at radius 3 is 2.76 bits per heavy atom. The molecule has 3 aromatic rings. The van der Waals surface area contributed by atoms with Crippen molar-refractivity contribution in [3.8, 4) is 0 Å². The van der Waals surface area contributed by atoms with Gasteiger partial charge in [-0.3, -0.25) is 4.79 Å². The van der Waals surface area contributed by atoms with E-state index in [2.05, 4.69) is 41.8 Å². The molecule has 174 valence electrons. The molecular formula is C23H25BrCl2N6O. The van der Waals surface area contributed by atoms with Gasteiger partial charge < -0.3 is 21.7 Å². The molecule has 0 radical (unpaired) electrons. The first kappa shape index (κ1) is 25.1. The predicted octanol–water partition coefficient (Wildman–Crippen LogP) is 5.98. The van der Waals surface area contributed by atoms with Crippen LogP contribution in [0.4, 0.5) is 23.1 Å². The third-order valence-electron chi connectivity index (χ3n) is 4.86. The molecule has 0 saturated heterocycles. The highest BCUT2D eigenvalue weighted by Gasteiger charge is 2.15. The Kier molecular flexibility index (Phi) is 9.17. The van der Waals surface area contributed by atoms with Crippen LogP contribution < -0.4 is 21.7 Å². The molecule has 1 heterocycles. The number of halogens is 3. The van der Waals surface area contributed by atoms with Gasteiger partial charge in [0.25, 0.3) is 0 Å². The Morgan fingerprint density at radius 1 is 1.18 bits per heavy atom. The average Bonchev–Trinajstić information content (AvgIpc) is 2.77. The highest BCUT2D eigenvalue weighted by molar-refractivity contribution is 9.10. The van der Waals surface area contributed by atoms with Crippen molar-refractivity contribution in [2.24, 2.45) is 0 Å². The summed E-state index contributed by atoms with van der Waals surface area (Å²) in [6, 6.07) is 12.8. The van der Waals surface area contributed by atoms with Crippen LogP contribution in [0.2, 0.25) is 10.0 Å². The lowest BCUT2D eigenvalue weighted by atomic mass is 9.97. The van der Waals surface area contributed by atoms with Gasteiger partial charge in [0.05, 0.1) is 14.5 Å². The lowest BCUT2D eigenvalue weighted by molar-refractivity contribution is -0.121. The molecule has 7 nitrogen and oxygen atoms in total. The van der Waals surface area contributed by atoms with E-state index < -0.39 is 0 Å². The normalized spacial score (nSPS) is 11.6. The highest BCUT2D eigenvalue weighted by Crippen LogP contribution is 2.32. The minimum Gasteiger partial charge on any atom is -0.399 e. The van der Waals surface area contributed by atoms with Crippen molar-refractivity contribution >= 4 is 68.2 Å². The maximum atomic E-state index is 12.3. The van der Waals surface area contributed by atoms with Gasteiger partial charge >= 0.3 is 0 Å². The Labute approximate surface area is 211 Å². The van der Waals surface area contributed by atoms with E-state index in [9.17, 15) is 4.79 Å². The second-order valence-corrected chi connectivity index (χ2v) is 9.16. The second-order valence-electron chi connectivity index (χ2n) is 7.52. The van der Waals surface area contributed by atoms with E-state index in [1.54, 1.807) is 12.3 Å². The molecule has 0 aliphatic heterocycles. The molecule has 3 rings (SSSR count). The maximum absolute atomic E-state index is 12.3. The van der Waals surface area contributed by atoms with Gasteiger partial charge in [-0.25, -0.2) is 4.98 Å². The number of amides is 1. The third-order valence-corrected chi connectivity index (χ3v) is 6.27. The number of carbonyl (C=O) groups excluding carboxylic acids is 1. The van der Waals surface area contributed by atoms with E-state index in [-0.39, 0.29) is 11.8 Å². The Bertz CT molecular complexity index is 1110. The van der Waals surface area contributed by atoms with E-state index in [4.69, 9.17) is 28.9 Å². The maximum Gasteiger partial charge on any atom is 0.229 e. The zero-order chi connectivity index (χ0) is 23.8. The van der Waals surface area contributed by atoms with Gasteiger partial charge in [0, 0.05) is 37.1 Å². The molecule has 1 atom stereocenters. The SMILES string of the molecule is CC(CC(=O)NCCCNc1nc(Nc2cccc(N)c2)ncc1Br)c1cccc(Cl)c1Cl. The molecule has 0 bridgehead atoms. The zero-order valence-corrected chi connectivity index (χ0v) is 21.1. The number of nitrogens with one attached hydrogen (secondary N) is 3. The molecule has 0 spiro atoms. The summed E-state index contributed by atoms with van der Waals surface area (Å²) in [7, 11) is 0. The molecule has 0 saturated carbocycles. The van der Waals surface area contributed by atoms with E-state index in [0.29, 0.717) is 47.0 Å². The van der Waals surface area contributed by atoms with Gasteiger partial charge in [-0.05, 0) is 58.1 Å². The topological polar surface area (TPSA) is 105 Å². The predicted molar refractivity (Wildman–Crippen MR) is 139 cm³/mol. The van der Waals surface area contributed by atoms with Crippen LogP contribution in [-0.4, -0.2) is 29.0 Å². The zero-order valence-electron chi connectivity index (χ0n) is 18.0. The number of hydrogen-bond donors (Lipinski definition) is 4.